The van der Waals surface area contributed by atoms with E-state index in [1.165, 1.54) is 10.9 Å². The van der Waals surface area contributed by atoms with Crippen molar-refractivity contribution in [1.82, 2.24) is 10.4 Å². The van der Waals surface area contributed by atoms with E-state index in [2.05, 4.69) is 36.6 Å². The molecule has 0 saturated heterocycles. The number of carbonyl (C=O) groups is 1. The lowest BCUT2D eigenvalue weighted by molar-refractivity contribution is 0.0955. The SMILES string of the molecule is Cc1ccc(-c2cc(C(=O)NN)c3ccccc3n2)c2ccccc12. The average Bonchev–Trinajstić information content (AvgIpc) is 2.67. The second kappa shape index (κ2) is 6.00. The fourth-order valence-electron chi connectivity index (χ4n) is 3.25. The number of amides is 1. The van der Waals surface area contributed by atoms with Crippen molar-refractivity contribution in [3.05, 3.63) is 77.9 Å². The smallest absolute Gasteiger partial charge is 0.265 e. The van der Waals surface area contributed by atoms with E-state index in [0.717, 1.165) is 27.5 Å². The Hall–Kier alpha value is -3.24. The van der Waals surface area contributed by atoms with Gasteiger partial charge in [0.1, 0.15) is 0 Å². The van der Waals surface area contributed by atoms with Gasteiger partial charge in [0.25, 0.3) is 5.91 Å². The lowest BCUT2D eigenvalue weighted by Gasteiger charge is -2.12. The normalized spacial score (nSPS) is 11.0. The van der Waals surface area contributed by atoms with Gasteiger partial charge in [0.2, 0.25) is 0 Å². The van der Waals surface area contributed by atoms with Crippen LogP contribution in [0.1, 0.15) is 15.9 Å². The maximum absolute atomic E-state index is 12.3. The molecule has 0 unspecified atom stereocenters. The number of nitrogen functional groups attached to an aromatic ring is 1. The van der Waals surface area contributed by atoms with Gasteiger partial charge in [0, 0.05) is 10.9 Å². The van der Waals surface area contributed by atoms with Crippen molar-refractivity contribution >= 4 is 27.6 Å². The molecule has 3 aromatic carbocycles. The van der Waals surface area contributed by atoms with E-state index in [4.69, 9.17) is 10.8 Å². The molecular weight excluding hydrogens is 310 g/mol. The minimum atomic E-state index is -0.323. The van der Waals surface area contributed by atoms with Crippen LogP contribution in [0.15, 0.2) is 66.7 Å². The number of aromatic nitrogens is 1. The third kappa shape index (κ3) is 2.53. The summed E-state index contributed by atoms with van der Waals surface area (Å²) in [4.78, 5) is 17.0. The van der Waals surface area contributed by atoms with Gasteiger partial charge in [-0.15, -0.1) is 0 Å². The molecule has 122 valence electrons. The first-order valence-electron chi connectivity index (χ1n) is 8.08. The van der Waals surface area contributed by atoms with Crippen LogP contribution in [0, 0.1) is 6.92 Å². The Bertz CT molecular complexity index is 1120. The molecular formula is C21H17N3O. The van der Waals surface area contributed by atoms with Crippen molar-refractivity contribution in [2.24, 2.45) is 5.84 Å². The maximum Gasteiger partial charge on any atom is 0.265 e. The van der Waals surface area contributed by atoms with E-state index < -0.39 is 0 Å². The fraction of sp³-hybridized carbons (Fsp3) is 0.0476. The van der Waals surface area contributed by atoms with Crippen LogP contribution in [0.2, 0.25) is 0 Å². The quantitative estimate of drug-likeness (QED) is 0.332. The molecule has 4 nitrogen and oxygen atoms in total. The summed E-state index contributed by atoms with van der Waals surface area (Å²) >= 11 is 0. The van der Waals surface area contributed by atoms with E-state index in [9.17, 15) is 4.79 Å². The summed E-state index contributed by atoms with van der Waals surface area (Å²) in [6, 6.07) is 21.7. The maximum atomic E-state index is 12.3. The van der Waals surface area contributed by atoms with Gasteiger partial charge in [-0.1, -0.05) is 54.6 Å². The van der Waals surface area contributed by atoms with Crippen molar-refractivity contribution in [1.29, 1.82) is 0 Å². The van der Waals surface area contributed by atoms with Crippen LogP contribution < -0.4 is 11.3 Å². The van der Waals surface area contributed by atoms with E-state index in [1.54, 1.807) is 0 Å². The summed E-state index contributed by atoms with van der Waals surface area (Å²) < 4.78 is 0. The summed E-state index contributed by atoms with van der Waals surface area (Å²) in [7, 11) is 0. The van der Waals surface area contributed by atoms with Gasteiger partial charge in [-0.05, 0) is 35.4 Å². The number of carbonyl (C=O) groups excluding carboxylic acids is 1. The Labute approximate surface area is 145 Å². The minimum Gasteiger partial charge on any atom is -0.290 e. The predicted octanol–water partition coefficient (Wildman–Crippen LogP) is 3.97. The fourth-order valence-corrected chi connectivity index (χ4v) is 3.25. The number of pyridine rings is 1. The molecule has 4 heteroatoms. The molecule has 0 aliphatic carbocycles. The number of benzene rings is 3. The summed E-state index contributed by atoms with van der Waals surface area (Å²) in [5, 5.41) is 3.08. The van der Waals surface area contributed by atoms with Gasteiger partial charge in [-0.25, -0.2) is 10.8 Å². The first-order chi connectivity index (χ1) is 12.2. The van der Waals surface area contributed by atoms with Crippen LogP contribution >= 0.6 is 0 Å². The monoisotopic (exact) mass is 327 g/mol. The molecule has 4 rings (SSSR count). The van der Waals surface area contributed by atoms with Crippen LogP contribution in [-0.4, -0.2) is 10.9 Å². The minimum absolute atomic E-state index is 0.323. The van der Waals surface area contributed by atoms with Gasteiger partial charge in [-0.3, -0.25) is 10.2 Å². The molecule has 0 aliphatic heterocycles. The number of hydrogen-bond acceptors (Lipinski definition) is 3. The second-order valence-corrected chi connectivity index (χ2v) is 6.02. The van der Waals surface area contributed by atoms with E-state index in [0.29, 0.717) is 5.56 Å². The van der Waals surface area contributed by atoms with Crippen molar-refractivity contribution < 1.29 is 4.79 Å². The lowest BCUT2D eigenvalue weighted by Crippen LogP contribution is -2.30. The van der Waals surface area contributed by atoms with Gasteiger partial charge >= 0.3 is 0 Å². The molecule has 0 bridgehead atoms. The number of hydrogen-bond donors (Lipinski definition) is 2. The van der Waals surface area contributed by atoms with E-state index in [1.807, 2.05) is 42.5 Å². The molecule has 1 aromatic heterocycles. The summed E-state index contributed by atoms with van der Waals surface area (Å²) in [6.45, 7) is 2.09. The number of nitrogens with zero attached hydrogens (tertiary/aromatic N) is 1. The Morgan fingerprint density at radius 3 is 2.36 bits per heavy atom. The van der Waals surface area contributed by atoms with Crippen LogP contribution in [0.4, 0.5) is 0 Å². The topological polar surface area (TPSA) is 68.0 Å². The number of fused-ring (bicyclic) bond motifs is 2. The van der Waals surface area contributed by atoms with Gasteiger partial charge in [-0.2, -0.15) is 0 Å². The van der Waals surface area contributed by atoms with E-state index in [-0.39, 0.29) is 5.91 Å². The zero-order valence-electron chi connectivity index (χ0n) is 13.8. The first-order valence-corrected chi connectivity index (χ1v) is 8.08. The highest BCUT2D eigenvalue weighted by Crippen LogP contribution is 2.32. The zero-order chi connectivity index (χ0) is 17.4. The van der Waals surface area contributed by atoms with Crippen LogP contribution in [0.25, 0.3) is 32.9 Å². The number of para-hydroxylation sites is 1. The molecule has 0 aliphatic rings. The van der Waals surface area contributed by atoms with E-state index >= 15 is 0 Å². The summed E-state index contributed by atoms with van der Waals surface area (Å²) in [5.74, 6) is 5.05. The van der Waals surface area contributed by atoms with Gasteiger partial charge in [0.15, 0.2) is 0 Å². The Balaban J connectivity index is 2.06. The average molecular weight is 327 g/mol. The van der Waals surface area contributed by atoms with Crippen molar-refractivity contribution in [2.45, 2.75) is 6.92 Å². The van der Waals surface area contributed by atoms with Crippen LogP contribution in [0.5, 0.6) is 0 Å². The highest BCUT2D eigenvalue weighted by Gasteiger charge is 2.14. The predicted molar refractivity (Wildman–Crippen MR) is 101 cm³/mol. The van der Waals surface area contributed by atoms with Gasteiger partial charge in [0.05, 0.1) is 16.8 Å². The number of aryl methyl sites for hydroxylation is 1. The molecule has 3 N–H and O–H groups in total. The molecule has 0 atom stereocenters. The number of hydrazine groups is 1. The largest absolute Gasteiger partial charge is 0.290 e. The highest BCUT2D eigenvalue weighted by atomic mass is 16.2. The molecule has 4 aromatic rings. The van der Waals surface area contributed by atoms with Crippen LogP contribution in [-0.2, 0) is 0 Å². The Morgan fingerprint density at radius 2 is 1.60 bits per heavy atom. The molecule has 0 saturated carbocycles. The lowest BCUT2D eigenvalue weighted by atomic mass is 9.96. The molecule has 0 fully saturated rings. The zero-order valence-corrected chi connectivity index (χ0v) is 13.8. The summed E-state index contributed by atoms with van der Waals surface area (Å²) in [5.41, 5.74) is 6.48. The number of rotatable bonds is 2. The first kappa shape index (κ1) is 15.3. The number of nitrogens with one attached hydrogen (secondary N) is 1. The molecule has 0 radical (unpaired) electrons. The number of nitrogens with two attached hydrogens (primary N) is 1. The third-order valence-corrected chi connectivity index (χ3v) is 4.51. The Morgan fingerprint density at radius 1 is 0.920 bits per heavy atom. The summed E-state index contributed by atoms with van der Waals surface area (Å²) in [6.07, 6.45) is 0. The van der Waals surface area contributed by atoms with Crippen molar-refractivity contribution in [3.8, 4) is 11.3 Å². The second-order valence-electron chi connectivity index (χ2n) is 6.02. The molecule has 25 heavy (non-hydrogen) atoms. The van der Waals surface area contributed by atoms with Crippen molar-refractivity contribution in [3.63, 3.8) is 0 Å². The third-order valence-electron chi connectivity index (χ3n) is 4.51. The van der Waals surface area contributed by atoms with Crippen LogP contribution in [0.3, 0.4) is 0 Å². The highest BCUT2D eigenvalue weighted by molar-refractivity contribution is 6.08. The molecule has 0 spiro atoms. The molecule has 1 amide bonds. The van der Waals surface area contributed by atoms with Gasteiger partial charge < -0.3 is 0 Å². The standard InChI is InChI=1S/C21H17N3O/c1-13-10-11-17(15-7-3-2-6-14(13)15)20-12-18(21(25)24-22)16-8-4-5-9-19(16)23-20/h2-12H,22H2,1H3,(H,24,25). The molecule has 1 heterocycles. The Kier molecular flexibility index (Phi) is 3.67. The van der Waals surface area contributed by atoms with Crippen molar-refractivity contribution in [2.75, 3.05) is 0 Å².